The minimum absolute atomic E-state index is 0.00819. The number of carbonyl (C=O) groups is 2. The van der Waals surface area contributed by atoms with Gasteiger partial charge in [-0.05, 0) is 13.3 Å². The molecule has 0 bridgehead atoms. The first-order chi connectivity index (χ1) is 9.06. The number of piperidine rings is 1. The maximum atomic E-state index is 12.1. The summed E-state index contributed by atoms with van der Waals surface area (Å²) >= 11 is 0. The van der Waals surface area contributed by atoms with Gasteiger partial charge in [0.25, 0.3) is 0 Å². The van der Waals surface area contributed by atoms with E-state index in [1.807, 2.05) is 11.8 Å². The fraction of sp³-hybridized carbons (Fsp3) is 0.600. The van der Waals surface area contributed by atoms with Crippen LogP contribution >= 0.6 is 0 Å². The van der Waals surface area contributed by atoms with Gasteiger partial charge in [-0.1, -0.05) is 19.1 Å². The van der Waals surface area contributed by atoms with E-state index in [1.54, 1.807) is 19.1 Å². The molecule has 0 amide bonds. The van der Waals surface area contributed by atoms with E-state index < -0.39 is 6.04 Å². The quantitative estimate of drug-likeness (QED) is 0.544. The molecule has 1 heterocycles. The summed E-state index contributed by atoms with van der Waals surface area (Å²) < 4.78 is 5.08. The second-order valence-electron chi connectivity index (χ2n) is 4.80. The van der Waals surface area contributed by atoms with Crippen molar-refractivity contribution in [2.24, 2.45) is 5.92 Å². The average molecular weight is 265 g/mol. The van der Waals surface area contributed by atoms with Gasteiger partial charge in [-0.15, -0.1) is 13.2 Å². The number of nitrogens with zero attached hydrogens (tertiary/aromatic N) is 1. The predicted molar refractivity (Wildman–Crippen MR) is 74.7 cm³/mol. The molecule has 0 aromatic rings. The molecule has 106 valence electrons. The number of esters is 1. The van der Waals surface area contributed by atoms with E-state index in [0.29, 0.717) is 19.6 Å². The molecule has 19 heavy (non-hydrogen) atoms. The van der Waals surface area contributed by atoms with Gasteiger partial charge in [0.05, 0.1) is 6.61 Å². The highest BCUT2D eigenvalue weighted by molar-refractivity contribution is 5.89. The Morgan fingerprint density at radius 3 is 2.68 bits per heavy atom. The van der Waals surface area contributed by atoms with Crippen LogP contribution in [0.1, 0.15) is 26.7 Å². The van der Waals surface area contributed by atoms with Crippen LogP contribution in [0.4, 0.5) is 0 Å². The largest absolute Gasteiger partial charge is 0.465 e. The molecule has 1 rings (SSSR count). The number of ether oxygens (including phenoxy) is 1. The van der Waals surface area contributed by atoms with Crippen molar-refractivity contribution in [2.45, 2.75) is 38.8 Å². The number of hydrogen-bond donors (Lipinski definition) is 0. The van der Waals surface area contributed by atoms with E-state index in [9.17, 15) is 9.59 Å². The first kappa shape index (κ1) is 15.6. The van der Waals surface area contributed by atoms with E-state index in [2.05, 4.69) is 13.2 Å². The van der Waals surface area contributed by atoms with Crippen LogP contribution < -0.4 is 0 Å². The zero-order valence-corrected chi connectivity index (χ0v) is 11.8. The number of Topliss-reactive ketones (excluding diaryl/α,β-unsaturated/α-hetero) is 1. The lowest BCUT2D eigenvalue weighted by molar-refractivity contribution is -0.156. The summed E-state index contributed by atoms with van der Waals surface area (Å²) in [4.78, 5) is 26.1. The zero-order chi connectivity index (χ0) is 14.4. The Kier molecular flexibility index (Phi) is 5.96. The molecule has 1 aliphatic heterocycles. The van der Waals surface area contributed by atoms with Crippen molar-refractivity contribution in [3.05, 3.63) is 25.3 Å². The van der Waals surface area contributed by atoms with Gasteiger partial charge >= 0.3 is 5.97 Å². The van der Waals surface area contributed by atoms with Gasteiger partial charge in [0.15, 0.2) is 0 Å². The van der Waals surface area contributed by atoms with Crippen molar-refractivity contribution >= 4 is 11.8 Å². The highest BCUT2D eigenvalue weighted by Gasteiger charge is 2.42. The van der Waals surface area contributed by atoms with Gasteiger partial charge < -0.3 is 4.74 Å². The molecule has 1 saturated heterocycles. The topological polar surface area (TPSA) is 46.6 Å². The maximum Gasteiger partial charge on any atom is 0.323 e. The lowest BCUT2D eigenvalue weighted by Crippen LogP contribution is -2.57. The molecule has 0 spiro atoms. The minimum atomic E-state index is -0.494. The third kappa shape index (κ3) is 3.53. The fourth-order valence-corrected chi connectivity index (χ4v) is 2.61. The van der Waals surface area contributed by atoms with Gasteiger partial charge in [0, 0.05) is 24.9 Å². The summed E-state index contributed by atoms with van der Waals surface area (Å²) in [6.07, 6.45) is 4.45. The Morgan fingerprint density at radius 1 is 1.47 bits per heavy atom. The molecule has 4 heteroatoms. The predicted octanol–water partition coefficient (Wildman–Crippen LogP) is 1.96. The third-order valence-electron chi connectivity index (χ3n) is 3.61. The SMILES string of the molecule is C=CC[C@H]1[C@H](C)C(=O)C[C@@H](C(=O)OCC)N1CC=C. The van der Waals surface area contributed by atoms with Gasteiger partial charge in [-0.2, -0.15) is 0 Å². The minimum Gasteiger partial charge on any atom is -0.465 e. The average Bonchev–Trinajstić information content (AvgIpc) is 2.38. The smallest absolute Gasteiger partial charge is 0.323 e. The Labute approximate surface area is 115 Å². The van der Waals surface area contributed by atoms with Crippen molar-refractivity contribution in [2.75, 3.05) is 13.2 Å². The van der Waals surface area contributed by atoms with Crippen molar-refractivity contribution in [1.82, 2.24) is 4.90 Å². The van der Waals surface area contributed by atoms with Gasteiger partial charge in [-0.3, -0.25) is 14.5 Å². The Morgan fingerprint density at radius 2 is 2.16 bits per heavy atom. The second kappa shape index (κ2) is 7.24. The molecule has 0 saturated carbocycles. The van der Waals surface area contributed by atoms with Crippen LogP contribution in [-0.4, -0.2) is 41.9 Å². The van der Waals surface area contributed by atoms with E-state index in [-0.39, 0.29) is 30.1 Å². The van der Waals surface area contributed by atoms with Crippen LogP contribution in [0, 0.1) is 5.92 Å². The van der Waals surface area contributed by atoms with Crippen molar-refractivity contribution in [3.63, 3.8) is 0 Å². The standard InChI is InChI=1S/C15H23NO3/c1-5-8-12-11(4)14(17)10-13(15(18)19-7-3)16(12)9-6-2/h5-6,11-13H,1-2,7-10H2,3-4H3/t11-,12-,13-/m0/s1. The number of hydrogen-bond acceptors (Lipinski definition) is 4. The second-order valence-corrected chi connectivity index (χ2v) is 4.80. The zero-order valence-electron chi connectivity index (χ0n) is 11.8. The Hall–Kier alpha value is -1.42. The highest BCUT2D eigenvalue weighted by Crippen LogP contribution is 2.28. The van der Waals surface area contributed by atoms with Crippen molar-refractivity contribution in [1.29, 1.82) is 0 Å². The third-order valence-corrected chi connectivity index (χ3v) is 3.61. The lowest BCUT2D eigenvalue weighted by Gasteiger charge is -2.42. The van der Waals surface area contributed by atoms with Gasteiger partial charge in [0.1, 0.15) is 11.8 Å². The van der Waals surface area contributed by atoms with Gasteiger partial charge in [0.2, 0.25) is 0 Å². The highest BCUT2D eigenvalue weighted by atomic mass is 16.5. The van der Waals surface area contributed by atoms with E-state index in [1.165, 1.54) is 0 Å². The molecule has 0 aromatic carbocycles. The maximum absolute atomic E-state index is 12.1. The monoisotopic (exact) mass is 265 g/mol. The first-order valence-electron chi connectivity index (χ1n) is 6.73. The van der Waals surface area contributed by atoms with Crippen LogP contribution in [0.2, 0.25) is 0 Å². The number of likely N-dealkylation sites (tertiary alicyclic amines) is 1. The summed E-state index contributed by atoms with van der Waals surface area (Å²) in [7, 11) is 0. The molecule has 0 radical (unpaired) electrons. The van der Waals surface area contributed by atoms with E-state index in [4.69, 9.17) is 4.74 Å². The van der Waals surface area contributed by atoms with Crippen molar-refractivity contribution < 1.29 is 14.3 Å². The summed E-state index contributed by atoms with van der Waals surface area (Å²) in [6.45, 7) is 12.0. The molecule has 4 nitrogen and oxygen atoms in total. The summed E-state index contributed by atoms with van der Waals surface area (Å²) in [6, 6.07) is -0.502. The first-order valence-corrected chi connectivity index (χ1v) is 6.73. The Bertz CT molecular complexity index is 364. The molecule has 0 N–H and O–H groups in total. The van der Waals surface area contributed by atoms with Crippen LogP contribution in [-0.2, 0) is 14.3 Å². The van der Waals surface area contributed by atoms with Crippen LogP contribution in [0.5, 0.6) is 0 Å². The molecule has 0 aromatic heterocycles. The van der Waals surface area contributed by atoms with Crippen LogP contribution in [0.15, 0.2) is 25.3 Å². The Balaban J connectivity index is 2.99. The lowest BCUT2D eigenvalue weighted by atomic mass is 9.83. The molecular weight excluding hydrogens is 242 g/mol. The normalized spacial score (nSPS) is 27.9. The summed E-state index contributed by atoms with van der Waals surface area (Å²) in [5.74, 6) is -0.299. The number of ketones is 1. The van der Waals surface area contributed by atoms with E-state index in [0.717, 1.165) is 0 Å². The number of rotatable bonds is 6. The molecule has 1 fully saturated rings. The molecule has 0 aliphatic carbocycles. The van der Waals surface area contributed by atoms with Crippen molar-refractivity contribution in [3.8, 4) is 0 Å². The summed E-state index contributed by atoms with van der Waals surface area (Å²) in [5.41, 5.74) is 0. The van der Waals surface area contributed by atoms with Crippen LogP contribution in [0.3, 0.4) is 0 Å². The molecule has 0 unspecified atom stereocenters. The molecule has 1 aliphatic rings. The van der Waals surface area contributed by atoms with E-state index >= 15 is 0 Å². The molecular formula is C15H23NO3. The molecule has 3 atom stereocenters. The van der Waals surface area contributed by atoms with Gasteiger partial charge in [-0.25, -0.2) is 0 Å². The van der Waals surface area contributed by atoms with Crippen LogP contribution in [0.25, 0.3) is 0 Å². The number of carbonyl (C=O) groups excluding carboxylic acids is 2. The fourth-order valence-electron chi connectivity index (χ4n) is 2.61. The summed E-state index contributed by atoms with van der Waals surface area (Å²) in [5, 5.41) is 0.